The van der Waals surface area contributed by atoms with E-state index in [-0.39, 0.29) is 11.8 Å². The first-order valence-electron chi connectivity index (χ1n) is 13.2. The lowest BCUT2D eigenvalue weighted by molar-refractivity contribution is 0.101. The van der Waals surface area contributed by atoms with Gasteiger partial charge in [0, 0.05) is 34.0 Å². The first-order valence-corrected chi connectivity index (χ1v) is 15.2. The lowest BCUT2D eigenvalue weighted by Crippen LogP contribution is -2.23. The summed E-state index contributed by atoms with van der Waals surface area (Å²) in [6.07, 6.45) is 0. The number of anilines is 2. The molecule has 41 heavy (non-hydrogen) atoms. The molecule has 0 bridgehead atoms. The Bertz CT molecular complexity index is 1600. The average Bonchev–Trinajstić information content (AvgIpc) is 3.29. The highest BCUT2D eigenvalue weighted by Crippen LogP contribution is 2.34. The molecule has 0 aliphatic carbocycles. The maximum absolute atomic E-state index is 12.7. The number of para-hydroxylation sites is 2. The van der Waals surface area contributed by atoms with Crippen LogP contribution in [0.4, 0.5) is 11.4 Å². The van der Waals surface area contributed by atoms with Gasteiger partial charge in [-0.15, -0.1) is 11.8 Å². The second kappa shape index (κ2) is 13.0. The number of carbonyl (C=O) groups is 2. The number of amides is 2. The number of nitrogens with one attached hydrogen (secondary N) is 2. The van der Waals surface area contributed by atoms with Crippen molar-refractivity contribution in [2.24, 2.45) is 9.98 Å². The molecule has 8 heteroatoms. The maximum Gasteiger partial charge on any atom is 0.255 e. The highest BCUT2D eigenvalue weighted by molar-refractivity contribution is 8.15. The van der Waals surface area contributed by atoms with Crippen molar-refractivity contribution in [2.75, 3.05) is 10.6 Å². The molecule has 0 unspecified atom stereocenters. The van der Waals surface area contributed by atoms with Crippen molar-refractivity contribution in [3.05, 3.63) is 131 Å². The Morgan fingerprint density at radius 1 is 0.634 bits per heavy atom. The van der Waals surface area contributed by atoms with Crippen LogP contribution < -0.4 is 10.6 Å². The number of hydrogen-bond acceptors (Lipinski definition) is 6. The molecular weight excluding hydrogens is 549 g/mol. The maximum atomic E-state index is 12.7. The lowest BCUT2D eigenvalue weighted by atomic mass is 10.1. The summed E-state index contributed by atoms with van der Waals surface area (Å²) in [5, 5.41) is 7.72. The number of aliphatic imine (C=N–C) groups is 2. The molecule has 6 nitrogen and oxygen atoms in total. The molecule has 0 saturated carbocycles. The molecule has 1 aliphatic rings. The fourth-order valence-corrected chi connectivity index (χ4v) is 6.34. The van der Waals surface area contributed by atoms with Crippen LogP contribution in [0.2, 0.25) is 0 Å². The minimum atomic E-state index is -0.448. The smallest absolute Gasteiger partial charge is 0.255 e. The zero-order valence-electron chi connectivity index (χ0n) is 22.8. The van der Waals surface area contributed by atoms with Crippen LogP contribution in [0.5, 0.6) is 0 Å². The number of thioether (sulfide) groups is 2. The molecule has 0 radical (unpaired) electrons. The van der Waals surface area contributed by atoms with Gasteiger partial charge in [-0.05, 0) is 61.4 Å². The molecule has 0 fully saturated rings. The fourth-order valence-electron chi connectivity index (χ4n) is 4.20. The van der Waals surface area contributed by atoms with Gasteiger partial charge in [-0.2, -0.15) is 0 Å². The predicted octanol–water partition coefficient (Wildman–Crippen LogP) is 7.90. The predicted molar refractivity (Wildman–Crippen MR) is 173 cm³/mol. The number of carbonyl (C=O) groups excluding carboxylic acids is 2. The quantitative estimate of drug-likeness (QED) is 0.223. The molecular formula is C33H30N4O2S2. The number of amidine groups is 1. The van der Waals surface area contributed by atoms with Crippen molar-refractivity contribution in [3.8, 4) is 0 Å². The SMILES string of the molecule is CC1(C)N=C(SCc2ccccc2NC(=O)c2ccccc2)N=C1SCc1ccccc1NC(=O)c1ccccc1. The Labute approximate surface area is 248 Å². The van der Waals surface area contributed by atoms with Gasteiger partial charge in [-0.25, -0.2) is 9.98 Å². The van der Waals surface area contributed by atoms with Gasteiger partial charge in [0.15, 0.2) is 5.17 Å². The Morgan fingerprint density at radius 3 is 1.59 bits per heavy atom. The summed E-state index contributed by atoms with van der Waals surface area (Å²) in [7, 11) is 0. The minimum absolute atomic E-state index is 0.135. The van der Waals surface area contributed by atoms with Gasteiger partial charge in [0.25, 0.3) is 11.8 Å². The molecule has 1 aliphatic heterocycles. The van der Waals surface area contributed by atoms with Crippen LogP contribution in [-0.4, -0.2) is 27.6 Å². The van der Waals surface area contributed by atoms with Crippen molar-refractivity contribution in [2.45, 2.75) is 30.9 Å². The summed E-state index contributed by atoms with van der Waals surface area (Å²) in [6.45, 7) is 4.12. The van der Waals surface area contributed by atoms with Crippen LogP contribution in [-0.2, 0) is 11.5 Å². The van der Waals surface area contributed by atoms with Gasteiger partial charge in [-0.3, -0.25) is 9.59 Å². The fraction of sp³-hybridized carbons (Fsp3) is 0.152. The Hall–Kier alpha value is -4.14. The topological polar surface area (TPSA) is 82.9 Å². The van der Waals surface area contributed by atoms with E-state index in [2.05, 4.69) is 24.5 Å². The van der Waals surface area contributed by atoms with E-state index < -0.39 is 5.54 Å². The number of rotatable bonds is 8. The molecule has 4 aromatic rings. The highest BCUT2D eigenvalue weighted by Gasteiger charge is 2.31. The Morgan fingerprint density at radius 2 is 1.07 bits per heavy atom. The van der Waals surface area contributed by atoms with Crippen molar-refractivity contribution in [1.29, 1.82) is 0 Å². The van der Waals surface area contributed by atoms with Gasteiger partial charge in [0.2, 0.25) is 0 Å². The molecule has 206 valence electrons. The van der Waals surface area contributed by atoms with E-state index in [4.69, 9.17) is 9.98 Å². The summed E-state index contributed by atoms with van der Waals surface area (Å²) < 4.78 is 0. The number of benzene rings is 4. The van der Waals surface area contributed by atoms with Crippen LogP contribution in [0.3, 0.4) is 0 Å². The minimum Gasteiger partial charge on any atom is -0.322 e. The average molecular weight is 579 g/mol. The normalized spacial score (nSPS) is 13.7. The third kappa shape index (κ3) is 7.34. The van der Waals surface area contributed by atoms with E-state index in [1.807, 2.05) is 84.9 Å². The van der Waals surface area contributed by atoms with Crippen molar-refractivity contribution >= 4 is 56.9 Å². The van der Waals surface area contributed by atoms with Crippen LogP contribution in [0.1, 0.15) is 45.7 Å². The number of hydrogen-bond donors (Lipinski definition) is 2. The van der Waals surface area contributed by atoms with E-state index in [9.17, 15) is 9.59 Å². The molecule has 2 amide bonds. The third-order valence-corrected chi connectivity index (χ3v) is 8.64. The van der Waals surface area contributed by atoms with E-state index in [0.717, 1.165) is 27.5 Å². The van der Waals surface area contributed by atoms with E-state index in [1.54, 1.807) is 47.8 Å². The van der Waals surface area contributed by atoms with Gasteiger partial charge in [-0.1, -0.05) is 84.6 Å². The molecule has 5 rings (SSSR count). The second-order valence-corrected chi connectivity index (χ2v) is 11.8. The van der Waals surface area contributed by atoms with Crippen molar-refractivity contribution in [3.63, 3.8) is 0 Å². The van der Waals surface area contributed by atoms with E-state index in [0.29, 0.717) is 27.8 Å². The molecule has 0 spiro atoms. The first kappa shape index (κ1) is 28.4. The third-order valence-electron chi connectivity index (χ3n) is 6.42. The van der Waals surface area contributed by atoms with Crippen LogP contribution in [0.15, 0.2) is 119 Å². The monoisotopic (exact) mass is 578 g/mol. The summed E-state index contributed by atoms with van der Waals surface area (Å²) >= 11 is 3.18. The molecule has 0 saturated heterocycles. The van der Waals surface area contributed by atoms with Gasteiger partial charge in [0.1, 0.15) is 10.6 Å². The largest absolute Gasteiger partial charge is 0.322 e. The standard InChI is InChI=1S/C33H30N4O2S2/c1-33(2)31(40-21-25-17-9-11-19-27(25)34-29(38)23-13-5-3-6-14-23)36-32(37-33)41-22-26-18-10-12-20-28(26)35-30(39)24-15-7-4-8-16-24/h3-20H,21-22H2,1-2H3,(H,34,38)(H,35,39). The zero-order valence-corrected chi connectivity index (χ0v) is 24.5. The molecule has 4 aromatic carbocycles. The summed E-state index contributed by atoms with van der Waals surface area (Å²) in [4.78, 5) is 35.2. The molecule has 0 aromatic heterocycles. The van der Waals surface area contributed by atoms with Crippen molar-refractivity contribution < 1.29 is 9.59 Å². The highest BCUT2D eigenvalue weighted by atomic mass is 32.2. The first-order chi connectivity index (χ1) is 19.9. The van der Waals surface area contributed by atoms with Gasteiger partial charge in [0.05, 0.1) is 0 Å². The van der Waals surface area contributed by atoms with Crippen LogP contribution >= 0.6 is 23.5 Å². The second-order valence-electron chi connectivity index (χ2n) is 9.90. The lowest BCUT2D eigenvalue weighted by Gasteiger charge is -2.17. The Balaban J connectivity index is 1.22. The van der Waals surface area contributed by atoms with Crippen LogP contribution in [0.25, 0.3) is 0 Å². The molecule has 1 heterocycles. The summed E-state index contributed by atoms with van der Waals surface area (Å²) in [5.41, 5.74) is 4.37. The number of nitrogens with zero attached hydrogens (tertiary/aromatic N) is 2. The molecule has 2 N–H and O–H groups in total. The summed E-state index contributed by atoms with van der Waals surface area (Å²) in [5.74, 6) is 0.994. The van der Waals surface area contributed by atoms with E-state index in [1.165, 1.54) is 0 Å². The van der Waals surface area contributed by atoms with Gasteiger partial charge >= 0.3 is 0 Å². The molecule has 0 atom stereocenters. The van der Waals surface area contributed by atoms with Crippen molar-refractivity contribution in [1.82, 2.24) is 0 Å². The van der Waals surface area contributed by atoms with Gasteiger partial charge < -0.3 is 10.6 Å². The van der Waals surface area contributed by atoms with E-state index >= 15 is 0 Å². The Kier molecular flexibility index (Phi) is 9.01. The zero-order chi connectivity index (χ0) is 28.7. The van der Waals surface area contributed by atoms with Crippen LogP contribution in [0, 0.1) is 0 Å². The summed E-state index contributed by atoms with van der Waals surface area (Å²) in [6, 6.07) is 34.0.